The molecule has 0 aliphatic heterocycles. The number of nitriles is 1. The first-order valence-electron chi connectivity index (χ1n) is 4.59. The summed E-state index contributed by atoms with van der Waals surface area (Å²) in [5.41, 5.74) is 1.44. The second-order valence-electron chi connectivity index (χ2n) is 3.53. The van der Waals surface area contributed by atoms with Gasteiger partial charge in [0.15, 0.2) is 5.69 Å². The van der Waals surface area contributed by atoms with Crippen molar-refractivity contribution in [2.24, 2.45) is 0 Å². The zero-order chi connectivity index (χ0) is 10.1. The lowest BCUT2D eigenvalue weighted by Crippen LogP contribution is -2.00. The fourth-order valence-corrected chi connectivity index (χ4v) is 1.62. The molecule has 2 aromatic rings. The normalized spacial score (nSPS) is 10.7. The van der Waals surface area contributed by atoms with E-state index in [0.29, 0.717) is 11.7 Å². The van der Waals surface area contributed by atoms with E-state index in [4.69, 9.17) is 5.26 Å². The largest absolute Gasteiger partial charge is 0.343 e. The molecular formula is C11H11N3. The van der Waals surface area contributed by atoms with Crippen LogP contribution in [0.1, 0.15) is 25.6 Å². The van der Waals surface area contributed by atoms with Gasteiger partial charge in [0.05, 0.1) is 5.52 Å². The van der Waals surface area contributed by atoms with Gasteiger partial charge in [-0.25, -0.2) is 4.98 Å². The van der Waals surface area contributed by atoms with E-state index in [0.717, 1.165) is 10.9 Å². The zero-order valence-corrected chi connectivity index (χ0v) is 8.23. The maximum absolute atomic E-state index is 8.93. The van der Waals surface area contributed by atoms with Crippen molar-refractivity contribution in [1.82, 2.24) is 9.55 Å². The van der Waals surface area contributed by atoms with Crippen molar-refractivity contribution in [2.45, 2.75) is 19.9 Å². The van der Waals surface area contributed by atoms with Crippen molar-refractivity contribution in [1.29, 1.82) is 5.26 Å². The minimum Gasteiger partial charge on any atom is -0.343 e. The fraction of sp³-hybridized carbons (Fsp3) is 0.273. The minimum atomic E-state index is 0.351. The van der Waals surface area contributed by atoms with E-state index in [2.05, 4.69) is 29.5 Å². The van der Waals surface area contributed by atoms with Crippen molar-refractivity contribution in [3.63, 3.8) is 0 Å². The number of hydrogen-bond donors (Lipinski definition) is 0. The van der Waals surface area contributed by atoms with Crippen LogP contribution in [0.4, 0.5) is 0 Å². The summed E-state index contributed by atoms with van der Waals surface area (Å²) in [4.78, 5) is 4.06. The molecule has 14 heavy (non-hydrogen) atoms. The predicted molar refractivity (Wildman–Crippen MR) is 54.8 cm³/mol. The average Bonchev–Trinajstić information content (AvgIpc) is 2.60. The van der Waals surface area contributed by atoms with Crippen molar-refractivity contribution in [3.8, 4) is 6.07 Å². The van der Waals surface area contributed by atoms with Gasteiger partial charge in [-0.15, -0.1) is 0 Å². The van der Waals surface area contributed by atoms with E-state index < -0.39 is 0 Å². The first kappa shape index (κ1) is 8.76. The molecule has 2 aromatic heterocycles. The number of fused-ring (bicyclic) bond motifs is 1. The van der Waals surface area contributed by atoms with E-state index in [-0.39, 0.29) is 0 Å². The van der Waals surface area contributed by atoms with Crippen LogP contribution in [0.25, 0.3) is 10.9 Å². The molecule has 0 radical (unpaired) electrons. The number of rotatable bonds is 1. The lowest BCUT2D eigenvalue weighted by Gasteiger charge is -2.09. The molecule has 2 heterocycles. The molecule has 3 heteroatoms. The highest BCUT2D eigenvalue weighted by molar-refractivity contribution is 5.84. The summed E-state index contributed by atoms with van der Waals surface area (Å²) in [6, 6.07) is 6.41. The van der Waals surface area contributed by atoms with E-state index in [1.54, 1.807) is 6.20 Å². The van der Waals surface area contributed by atoms with E-state index in [9.17, 15) is 0 Å². The molecular weight excluding hydrogens is 174 g/mol. The van der Waals surface area contributed by atoms with Gasteiger partial charge in [-0.3, -0.25) is 0 Å². The van der Waals surface area contributed by atoms with Gasteiger partial charge in [0.25, 0.3) is 0 Å². The van der Waals surface area contributed by atoms with Gasteiger partial charge >= 0.3 is 0 Å². The summed E-state index contributed by atoms with van der Waals surface area (Å²) < 4.78 is 2.07. The lowest BCUT2D eigenvalue weighted by molar-refractivity contribution is 0.622. The average molecular weight is 185 g/mol. The molecule has 0 aliphatic rings. The van der Waals surface area contributed by atoms with Gasteiger partial charge in [0.1, 0.15) is 6.07 Å². The fourth-order valence-electron chi connectivity index (χ4n) is 1.62. The monoisotopic (exact) mass is 185 g/mol. The van der Waals surface area contributed by atoms with Gasteiger partial charge in [0, 0.05) is 23.8 Å². The van der Waals surface area contributed by atoms with Crippen LogP contribution < -0.4 is 0 Å². The molecule has 2 rings (SSSR count). The van der Waals surface area contributed by atoms with E-state index in [1.165, 1.54) is 0 Å². The Morgan fingerprint density at radius 1 is 1.43 bits per heavy atom. The Labute approximate surface area is 82.6 Å². The highest BCUT2D eigenvalue weighted by Crippen LogP contribution is 2.21. The number of hydrogen-bond acceptors (Lipinski definition) is 2. The highest BCUT2D eigenvalue weighted by atomic mass is 15.0. The third-order valence-corrected chi connectivity index (χ3v) is 2.29. The Kier molecular flexibility index (Phi) is 1.97. The Morgan fingerprint density at radius 3 is 2.86 bits per heavy atom. The Morgan fingerprint density at radius 2 is 2.21 bits per heavy atom. The van der Waals surface area contributed by atoms with Crippen LogP contribution in [0, 0.1) is 11.3 Å². The molecule has 0 amide bonds. The molecule has 0 saturated carbocycles. The van der Waals surface area contributed by atoms with Crippen molar-refractivity contribution < 1.29 is 0 Å². The van der Waals surface area contributed by atoms with Crippen LogP contribution in [0.15, 0.2) is 24.5 Å². The number of aromatic nitrogens is 2. The van der Waals surface area contributed by atoms with Crippen LogP contribution in [0.3, 0.4) is 0 Å². The Balaban J connectivity index is 2.83. The molecule has 3 nitrogen and oxygen atoms in total. The predicted octanol–water partition coefficient (Wildman–Crippen LogP) is 2.49. The summed E-state index contributed by atoms with van der Waals surface area (Å²) in [5, 5.41) is 10.0. The van der Waals surface area contributed by atoms with Crippen LogP contribution in [-0.4, -0.2) is 9.55 Å². The molecule has 0 unspecified atom stereocenters. The molecule has 0 atom stereocenters. The summed E-state index contributed by atoms with van der Waals surface area (Å²) >= 11 is 0. The first-order chi connectivity index (χ1) is 6.74. The lowest BCUT2D eigenvalue weighted by atomic mass is 10.2. The van der Waals surface area contributed by atoms with Gasteiger partial charge < -0.3 is 4.57 Å². The standard InChI is InChI=1S/C11H11N3/c1-8(2)14-6-4-9-3-5-13-10(7-12)11(9)14/h3-6,8H,1-2H3. The minimum absolute atomic E-state index is 0.351. The molecule has 0 spiro atoms. The summed E-state index contributed by atoms with van der Waals surface area (Å²) in [5.74, 6) is 0. The summed E-state index contributed by atoms with van der Waals surface area (Å²) in [6.07, 6.45) is 3.67. The highest BCUT2D eigenvalue weighted by Gasteiger charge is 2.08. The van der Waals surface area contributed by atoms with Crippen molar-refractivity contribution in [3.05, 3.63) is 30.2 Å². The quantitative estimate of drug-likeness (QED) is 0.684. The Hall–Kier alpha value is -1.82. The van der Waals surface area contributed by atoms with Crippen molar-refractivity contribution in [2.75, 3.05) is 0 Å². The number of nitrogens with zero attached hydrogens (tertiary/aromatic N) is 3. The summed E-state index contributed by atoms with van der Waals surface area (Å²) in [6.45, 7) is 4.18. The molecule has 0 aliphatic carbocycles. The summed E-state index contributed by atoms with van der Waals surface area (Å²) in [7, 11) is 0. The van der Waals surface area contributed by atoms with Crippen molar-refractivity contribution >= 4 is 10.9 Å². The third kappa shape index (κ3) is 1.16. The van der Waals surface area contributed by atoms with Gasteiger partial charge in [-0.05, 0) is 26.0 Å². The molecule has 0 aromatic carbocycles. The third-order valence-electron chi connectivity index (χ3n) is 2.29. The maximum atomic E-state index is 8.93. The molecule has 70 valence electrons. The Bertz CT molecular complexity index is 503. The van der Waals surface area contributed by atoms with Crippen LogP contribution in [0.2, 0.25) is 0 Å². The number of pyridine rings is 1. The molecule has 0 saturated heterocycles. The van der Waals surface area contributed by atoms with Crippen LogP contribution in [0.5, 0.6) is 0 Å². The molecule has 0 fully saturated rings. The van der Waals surface area contributed by atoms with E-state index >= 15 is 0 Å². The smallest absolute Gasteiger partial charge is 0.164 e. The van der Waals surface area contributed by atoms with Gasteiger partial charge in [0.2, 0.25) is 0 Å². The van der Waals surface area contributed by atoms with Gasteiger partial charge in [-0.1, -0.05) is 0 Å². The second kappa shape index (κ2) is 3.15. The van der Waals surface area contributed by atoms with E-state index in [1.807, 2.05) is 18.3 Å². The second-order valence-corrected chi connectivity index (χ2v) is 3.53. The zero-order valence-electron chi connectivity index (χ0n) is 8.23. The first-order valence-corrected chi connectivity index (χ1v) is 4.59. The van der Waals surface area contributed by atoms with Crippen LogP contribution in [-0.2, 0) is 0 Å². The van der Waals surface area contributed by atoms with Gasteiger partial charge in [-0.2, -0.15) is 5.26 Å². The maximum Gasteiger partial charge on any atom is 0.164 e. The molecule has 0 N–H and O–H groups in total. The topological polar surface area (TPSA) is 41.6 Å². The van der Waals surface area contributed by atoms with Crippen LogP contribution >= 0.6 is 0 Å². The SMILES string of the molecule is CC(C)n1ccc2ccnc(C#N)c21. The molecule has 0 bridgehead atoms.